The molecule has 0 bridgehead atoms. The van der Waals surface area contributed by atoms with Gasteiger partial charge in [-0.05, 0) is 249 Å². The molecule has 7 heteroatoms. The fourth-order valence-electron chi connectivity index (χ4n) is 18.1. The summed E-state index contributed by atoms with van der Waals surface area (Å²) in [6.45, 7) is 19.3. The second kappa shape index (κ2) is 29.9. The maximum atomic E-state index is 11.5. The van der Waals surface area contributed by atoms with Crippen LogP contribution in [0.1, 0.15) is 84.5 Å². The maximum absolute atomic E-state index is 11.5. The van der Waals surface area contributed by atoms with E-state index in [2.05, 4.69) is 446 Å². The van der Waals surface area contributed by atoms with Gasteiger partial charge in [-0.3, -0.25) is 0 Å². The van der Waals surface area contributed by atoms with Crippen molar-refractivity contribution in [1.82, 2.24) is 0 Å². The molecule has 0 radical (unpaired) electrons. The summed E-state index contributed by atoms with van der Waals surface area (Å²) in [5, 5.41) is 0. The number of rotatable bonds is 12. The van der Waals surface area contributed by atoms with E-state index in [-0.39, 0.29) is 24.2 Å². The summed E-state index contributed by atoms with van der Waals surface area (Å²) in [6, 6.07) is 133. The van der Waals surface area contributed by atoms with Crippen LogP contribution in [0.4, 0.5) is 68.2 Å². The quantitative estimate of drug-likeness (QED) is 0.112. The van der Waals surface area contributed by atoms with Crippen LogP contribution in [0.5, 0.6) is 0 Å². The highest BCUT2D eigenvalue weighted by atomic mass is 32.2. The van der Waals surface area contributed by atoms with Crippen molar-refractivity contribution in [1.29, 1.82) is 0 Å². The van der Waals surface area contributed by atoms with Gasteiger partial charge in [-0.25, -0.2) is 0 Å². The van der Waals surface area contributed by atoms with E-state index in [0.29, 0.717) is 44.8 Å². The molecule has 0 fully saturated rings. The zero-order valence-corrected chi connectivity index (χ0v) is 71.0. The standard InChI is InChI=1S/C114H91BN4S2/c1-112(2,3)86-66-91(76-38-18-12-19-39-76)110(93(68-86)84-48-32-46-82(64-84)80-44-30-42-78(62-80)74-34-14-10-15-35-74)118-101-72-89(116-97-50-22-26-54-105(97)120-106-55-27-23-51-98(106)116)58-60-95(101)115-96-61-59-90(117-99-52-24-28-56-107(99)121-108-57-29-25-53-100(108)117)73-102(96)119(104-71-88(114(7,8)9)70-103(118)109(104)115)111-92(77-40-20-13-21-41-77)67-87(113(4,5)6)69-94(111)85-49-33-47-83(65-85)81-45-31-43-79(63-81)75-36-16-11-17-37-75/h10-73H,1-9H3/i66D,67D,68D,69D. The van der Waals surface area contributed by atoms with Crippen LogP contribution in [0.3, 0.4) is 0 Å². The van der Waals surface area contributed by atoms with Crippen LogP contribution >= 0.6 is 23.5 Å². The Morgan fingerprint density at radius 3 is 0.810 bits per heavy atom. The van der Waals surface area contributed by atoms with Gasteiger partial charge in [0.05, 0.1) is 39.6 Å². The van der Waals surface area contributed by atoms with E-state index in [1.54, 1.807) is 23.5 Å². The molecule has 0 unspecified atom stereocenters. The Labute approximate surface area is 726 Å². The van der Waals surface area contributed by atoms with Crippen LogP contribution in [-0.2, 0) is 16.2 Å². The van der Waals surface area contributed by atoms with Crippen molar-refractivity contribution in [2.45, 2.75) is 98.1 Å². The van der Waals surface area contributed by atoms with Gasteiger partial charge < -0.3 is 19.6 Å². The van der Waals surface area contributed by atoms with Gasteiger partial charge >= 0.3 is 0 Å². The Kier molecular flexibility index (Phi) is 17.5. The number of benzene rings is 17. The zero-order chi connectivity index (χ0) is 85.5. The smallest absolute Gasteiger partial charge is 0.252 e. The van der Waals surface area contributed by atoms with Crippen molar-refractivity contribution in [2.24, 2.45) is 0 Å². The second-order valence-electron chi connectivity index (χ2n) is 35.2. The maximum Gasteiger partial charge on any atom is 0.252 e. The van der Waals surface area contributed by atoms with Crippen LogP contribution in [0.2, 0.25) is 0 Å². The highest BCUT2D eigenvalue weighted by molar-refractivity contribution is 8.00. The second-order valence-corrected chi connectivity index (χ2v) is 37.4. The molecular weight excluding hydrogens is 1500 g/mol. The number of anilines is 12. The van der Waals surface area contributed by atoms with Crippen molar-refractivity contribution in [2.75, 3.05) is 19.6 Å². The monoisotopic (exact) mass is 1590 g/mol. The van der Waals surface area contributed by atoms with Crippen molar-refractivity contribution in [3.05, 3.63) is 405 Å². The predicted molar refractivity (Wildman–Crippen MR) is 518 cm³/mol. The first-order chi connectivity index (χ1) is 60.6. The molecule has 0 saturated carbocycles. The fourth-order valence-corrected chi connectivity index (χ4v) is 20.3. The molecule has 4 aliphatic rings. The Morgan fingerprint density at radius 1 is 0.223 bits per heavy atom. The minimum atomic E-state index is -0.695. The van der Waals surface area contributed by atoms with Gasteiger partial charge in [-0.1, -0.05) is 341 Å². The van der Waals surface area contributed by atoms with E-state index in [1.165, 1.54) is 0 Å². The lowest BCUT2D eigenvalue weighted by molar-refractivity contribution is 0.590. The summed E-state index contributed by atoms with van der Waals surface area (Å²) in [4.78, 5) is 14.4. The first-order valence-corrected chi connectivity index (χ1v) is 43.6. The van der Waals surface area contributed by atoms with E-state index < -0.39 is 23.0 Å². The number of para-hydroxylation sites is 4. The first kappa shape index (κ1) is 70.7. The van der Waals surface area contributed by atoms with Crippen LogP contribution in [0.15, 0.2) is 408 Å². The minimum absolute atomic E-state index is 0.277. The molecule has 17 aromatic carbocycles. The Bertz CT molecular complexity index is 6690. The summed E-state index contributed by atoms with van der Waals surface area (Å²) in [6.07, 6.45) is 0. The normalized spacial score (nSPS) is 13.6. The third-order valence-electron chi connectivity index (χ3n) is 24.2. The van der Waals surface area contributed by atoms with Crippen LogP contribution in [0, 0.1) is 0 Å². The molecule has 0 atom stereocenters. The Hall–Kier alpha value is -13.3. The molecule has 4 heterocycles. The van der Waals surface area contributed by atoms with Gasteiger partial charge in [0, 0.05) is 76.0 Å². The van der Waals surface area contributed by atoms with Gasteiger partial charge in [0.25, 0.3) is 6.71 Å². The minimum Gasteiger partial charge on any atom is -0.310 e. The number of fused-ring (bicyclic) bond motifs is 8. The Morgan fingerprint density at radius 2 is 0.488 bits per heavy atom. The highest BCUT2D eigenvalue weighted by Crippen LogP contribution is 2.60. The molecular formula is C114H91BN4S2. The molecule has 0 aliphatic carbocycles. The van der Waals surface area contributed by atoms with Crippen LogP contribution in [0.25, 0.3) is 89.0 Å². The first-order valence-electron chi connectivity index (χ1n) is 44.0. The molecule has 0 N–H and O–H groups in total. The lowest BCUT2D eigenvalue weighted by atomic mass is 9.33. The summed E-state index contributed by atoms with van der Waals surface area (Å²) in [5.74, 6) is 0. The molecule has 4 aliphatic heterocycles. The van der Waals surface area contributed by atoms with Crippen LogP contribution < -0.4 is 36.0 Å². The van der Waals surface area contributed by atoms with Gasteiger partial charge in [0.1, 0.15) is 0 Å². The van der Waals surface area contributed by atoms with E-state index in [9.17, 15) is 5.48 Å². The molecule has 0 saturated heterocycles. The van der Waals surface area contributed by atoms with E-state index in [1.807, 2.05) is 0 Å². The van der Waals surface area contributed by atoms with Crippen molar-refractivity contribution >= 4 is 115 Å². The Balaban J connectivity index is 0.936. The third-order valence-corrected chi connectivity index (χ3v) is 26.5. The molecule has 0 aromatic heterocycles. The fraction of sp³-hybridized carbons (Fsp3) is 0.105. The van der Waals surface area contributed by atoms with Crippen molar-refractivity contribution < 1.29 is 5.48 Å². The van der Waals surface area contributed by atoms with Gasteiger partial charge in [0.2, 0.25) is 0 Å². The van der Waals surface area contributed by atoms with E-state index in [4.69, 9.17) is 0 Å². The summed E-state index contributed by atoms with van der Waals surface area (Å²) in [7, 11) is 0. The lowest BCUT2D eigenvalue weighted by Crippen LogP contribution is -2.61. The van der Waals surface area contributed by atoms with Crippen molar-refractivity contribution in [3.63, 3.8) is 0 Å². The summed E-state index contributed by atoms with van der Waals surface area (Å²) in [5.41, 5.74) is 29.1. The molecule has 0 amide bonds. The molecule has 4 nitrogen and oxygen atoms in total. The SMILES string of the molecule is [2H]c1c(-c2ccccc2)c(N2c3cc(N4c5ccccc5Sc5ccccc54)ccc3B3c4ccc(N5c6ccccc6Sc6ccccc65)cc4N(c4c(-c5ccccc5)c([2H])c(C(C)(C)C)c([2H])c4-c4cccc(-c5cccc(-c6ccccc6)c5)c4)c4cc(C(C)(C)C)cc2c43)c(-c2cccc(-c3cccc(-c4ccccc4)c3)c2)c([2H])c1C(C)(C)C. The summed E-state index contributed by atoms with van der Waals surface area (Å²) >= 11 is 3.58. The largest absolute Gasteiger partial charge is 0.310 e. The zero-order valence-electron chi connectivity index (χ0n) is 73.3. The average Bonchev–Trinajstić information content (AvgIpc) is 0.678. The number of hydrogen-bond acceptors (Lipinski definition) is 6. The topological polar surface area (TPSA) is 13.0 Å². The molecule has 17 aromatic rings. The highest BCUT2D eigenvalue weighted by Gasteiger charge is 2.47. The third kappa shape index (κ3) is 13.5. The van der Waals surface area contributed by atoms with Gasteiger partial charge in [-0.2, -0.15) is 0 Å². The average molecular weight is 1600 g/mol. The van der Waals surface area contributed by atoms with E-state index in [0.717, 1.165) is 165 Å². The molecule has 0 spiro atoms. The predicted octanol–water partition coefficient (Wildman–Crippen LogP) is 30.9. The molecule has 21 rings (SSSR count). The number of hydrogen-bond donors (Lipinski definition) is 0. The van der Waals surface area contributed by atoms with Crippen LogP contribution in [-0.4, -0.2) is 6.71 Å². The summed E-state index contributed by atoms with van der Waals surface area (Å²) < 4.78 is 45.7. The number of nitrogens with zero attached hydrogens (tertiary/aromatic N) is 4. The molecule has 121 heavy (non-hydrogen) atoms. The lowest BCUT2D eigenvalue weighted by Gasteiger charge is -2.47. The van der Waals surface area contributed by atoms with Crippen molar-refractivity contribution in [3.8, 4) is 89.0 Å². The van der Waals surface area contributed by atoms with Gasteiger partial charge in [-0.15, -0.1) is 0 Å². The molecule has 582 valence electrons. The van der Waals surface area contributed by atoms with Gasteiger partial charge in [0.15, 0.2) is 0 Å². The van der Waals surface area contributed by atoms with E-state index >= 15 is 0 Å².